The Hall–Kier alpha value is -3.33. The second-order valence-corrected chi connectivity index (χ2v) is 16.9. The molecule has 0 radical (unpaired) electrons. The fraction of sp³-hybridized carbons (Fsp3) is 0.562. The van der Waals surface area contributed by atoms with Gasteiger partial charge in [0, 0.05) is 28.6 Å². The maximum Gasteiger partial charge on any atom is 0.0781 e. The summed E-state index contributed by atoms with van der Waals surface area (Å²) in [6.45, 7) is 11.5. The molecule has 3 saturated carbocycles. The van der Waals surface area contributed by atoms with Gasteiger partial charge in [-0.1, -0.05) is 132 Å². The van der Waals surface area contributed by atoms with Gasteiger partial charge in [-0.3, -0.25) is 9.98 Å². The molecule has 51 heavy (non-hydrogen) atoms. The first-order chi connectivity index (χ1) is 24.8. The summed E-state index contributed by atoms with van der Waals surface area (Å²) in [5, 5.41) is 0. The molecule has 5 unspecified atom stereocenters. The van der Waals surface area contributed by atoms with Crippen LogP contribution in [0, 0.1) is 29.6 Å². The van der Waals surface area contributed by atoms with Gasteiger partial charge in [-0.25, -0.2) is 4.99 Å². The average molecular weight is 684 g/mol. The zero-order valence-electron chi connectivity index (χ0n) is 32.4. The number of aliphatic imine (C=N–C) groups is 3. The first-order valence-electron chi connectivity index (χ1n) is 20.8. The Morgan fingerprint density at radius 3 is 1.98 bits per heavy atom. The third-order valence-corrected chi connectivity index (χ3v) is 12.1. The van der Waals surface area contributed by atoms with E-state index < -0.39 is 0 Å². The van der Waals surface area contributed by atoms with Crippen molar-refractivity contribution in [2.24, 2.45) is 44.6 Å². The summed E-state index contributed by atoms with van der Waals surface area (Å²) in [5.41, 5.74) is 8.92. The summed E-state index contributed by atoms with van der Waals surface area (Å²) in [6.07, 6.45) is 18.5. The highest BCUT2D eigenvalue weighted by molar-refractivity contribution is 6.13. The molecule has 3 aromatic carbocycles. The van der Waals surface area contributed by atoms with Gasteiger partial charge in [0.1, 0.15) is 0 Å². The van der Waals surface area contributed by atoms with Crippen LogP contribution in [0.1, 0.15) is 147 Å². The van der Waals surface area contributed by atoms with Crippen molar-refractivity contribution in [2.75, 3.05) is 0 Å². The van der Waals surface area contributed by atoms with Crippen LogP contribution in [0.4, 0.5) is 5.69 Å². The van der Waals surface area contributed by atoms with Gasteiger partial charge in [0.2, 0.25) is 0 Å². The number of hydrogen-bond donors (Lipinski definition) is 0. The van der Waals surface area contributed by atoms with Crippen LogP contribution in [0.25, 0.3) is 0 Å². The quantitative estimate of drug-likeness (QED) is 0.170. The van der Waals surface area contributed by atoms with Crippen LogP contribution in [-0.4, -0.2) is 29.2 Å². The van der Waals surface area contributed by atoms with Gasteiger partial charge in [-0.2, -0.15) is 0 Å². The number of hydrogen-bond acceptors (Lipinski definition) is 3. The van der Waals surface area contributed by atoms with E-state index in [0.717, 1.165) is 28.4 Å². The van der Waals surface area contributed by atoms with Crippen molar-refractivity contribution in [1.29, 1.82) is 0 Å². The maximum atomic E-state index is 5.89. The van der Waals surface area contributed by atoms with Gasteiger partial charge < -0.3 is 0 Å². The molecule has 3 aliphatic carbocycles. The Morgan fingerprint density at radius 2 is 1.31 bits per heavy atom. The predicted octanol–water partition coefficient (Wildman–Crippen LogP) is 13.2. The van der Waals surface area contributed by atoms with Crippen molar-refractivity contribution >= 4 is 22.8 Å². The smallest absolute Gasteiger partial charge is 0.0781 e. The lowest BCUT2D eigenvalue weighted by Gasteiger charge is -2.37. The molecule has 3 heteroatoms. The highest BCUT2D eigenvalue weighted by atomic mass is 14.8. The Morgan fingerprint density at radius 1 is 0.647 bits per heavy atom. The minimum absolute atomic E-state index is 0.377. The van der Waals surface area contributed by atoms with Crippen molar-refractivity contribution in [3.63, 3.8) is 0 Å². The molecule has 6 rings (SSSR count). The number of benzene rings is 3. The van der Waals surface area contributed by atoms with E-state index in [0.29, 0.717) is 41.7 Å². The van der Waals surface area contributed by atoms with E-state index in [9.17, 15) is 0 Å². The summed E-state index contributed by atoms with van der Waals surface area (Å²) in [5.74, 6) is 3.74. The summed E-state index contributed by atoms with van der Waals surface area (Å²) in [4.78, 5) is 16.3. The number of nitrogens with zero attached hydrogens (tertiary/aromatic N) is 3. The molecule has 0 aromatic heterocycles. The Balaban J connectivity index is 1.21. The van der Waals surface area contributed by atoms with Gasteiger partial charge in [0.25, 0.3) is 0 Å². The Kier molecular flexibility index (Phi) is 13.5. The standard InChI is InChI=1S/C48H65N3/c1-34(2)46(49-35(3)4)36(5)30-37-18-15-28-44(31-37)50-48(40-23-13-8-14-24-40)43-27-16-25-41(32-43)42-26-17-29-45(33-42)51-47(38-19-9-6-10-20-38)39-21-11-7-12-22-39/h6-7,9-12,17,19-22,26,29,33-37,40-41,43-44H,8,13-16,18,23-25,27-28,30-32H2,1-5H3. The minimum Gasteiger partial charge on any atom is -0.291 e. The van der Waals surface area contributed by atoms with E-state index >= 15 is 0 Å². The average Bonchev–Trinajstić information content (AvgIpc) is 3.16. The second kappa shape index (κ2) is 18.4. The van der Waals surface area contributed by atoms with Crippen LogP contribution in [0.2, 0.25) is 0 Å². The number of rotatable bonds is 12. The lowest BCUT2D eigenvalue weighted by molar-refractivity contribution is 0.287. The SMILES string of the molecule is CC(C)N=C(C(C)C)C(C)CC1CCCC(N=C(C2CCCCC2)C2CCCC(c3cccc(N=C(c4ccccc4)c4ccccc4)c3)C2)C1. The van der Waals surface area contributed by atoms with Gasteiger partial charge in [0.15, 0.2) is 0 Å². The second-order valence-electron chi connectivity index (χ2n) is 16.9. The third kappa shape index (κ3) is 10.4. The van der Waals surface area contributed by atoms with E-state index in [2.05, 4.69) is 120 Å². The molecular weight excluding hydrogens is 619 g/mol. The van der Waals surface area contributed by atoms with Crippen molar-refractivity contribution in [1.82, 2.24) is 0 Å². The molecule has 0 bridgehead atoms. The van der Waals surface area contributed by atoms with Crippen LogP contribution in [0.5, 0.6) is 0 Å². The largest absolute Gasteiger partial charge is 0.291 e. The summed E-state index contributed by atoms with van der Waals surface area (Å²) in [6, 6.07) is 31.3. The molecule has 3 nitrogen and oxygen atoms in total. The van der Waals surface area contributed by atoms with Crippen molar-refractivity contribution < 1.29 is 0 Å². The lowest BCUT2D eigenvalue weighted by atomic mass is 9.71. The Bertz CT molecular complexity index is 1550. The Labute approximate surface area is 310 Å². The summed E-state index contributed by atoms with van der Waals surface area (Å²) < 4.78 is 0. The van der Waals surface area contributed by atoms with Crippen LogP contribution in [0.3, 0.4) is 0 Å². The molecule has 3 fully saturated rings. The van der Waals surface area contributed by atoms with Crippen molar-refractivity contribution in [3.8, 4) is 0 Å². The van der Waals surface area contributed by atoms with Crippen LogP contribution >= 0.6 is 0 Å². The summed E-state index contributed by atoms with van der Waals surface area (Å²) in [7, 11) is 0. The lowest BCUT2D eigenvalue weighted by Crippen LogP contribution is -2.32. The van der Waals surface area contributed by atoms with E-state index in [1.807, 2.05) is 0 Å². The highest BCUT2D eigenvalue weighted by Crippen LogP contribution is 2.42. The normalized spacial score (nSPS) is 24.5. The monoisotopic (exact) mass is 684 g/mol. The van der Waals surface area contributed by atoms with Crippen LogP contribution in [0.15, 0.2) is 99.9 Å². The van der Waals surface area contributed by atoms with E-state index in [-0.39, 0.29) is 0 Å². The van der Waals surface area contributed by atoms with E-state index in [4.69, 9.17) is 15.0 Å². The molecule has 3 aromatic rings. The molecule has 0 heterocycles. The zero-order valence-corrected chi connectivity index (χ0v) is 32.4. The topological polar surface area (TPSA) is 37.1 Å². The molecule has 272 valence electrons. The fourth-order valence-electron chi connectivity index (χ4n) is 9.74. The third-order valence-electron chi connectivity index (χ3n) is 12.1. The van der Waals surface area contributed by atoms with Crippen molar-refractivity contribution in [2.45, 2.75) is 143 Å². The van der Waals surface area contributed by atoms with Gasteiger partial charge in [-0.05, 0) is 118 Å². The first kappa shape index (κ1) is 37.4. The van der Waals surface area contributed by atoms with Crippen LogP contribution in [-0.2, 0) is 0 Å². The molecule has 0 saturated heterocycles. The minimum atomic E-state index is 0.377. The van der Waals surface area contributed by atoms with E-state index in [1.54, 1.807) is 5.71 Å². The van der Waals surface area contributed by atoms with Crippen molar-refractivity contribution in [3.05, 3.63) is 102 Å². The van der Waals surface area contributed by atoms with Gasteiger partial charge in [-0.15, -0.1) is 0 Å². The summed E-state index contributed by atoms with van der Waals surface area (Å²) >= 11 is 0. The molecule has 0 N–H and O–H groups in total. The maximum absolute atomic E-state index is 5.89. The predicted molar refractivity (Wildman–Crippen MR) is 220 cm³/mol. The van der Waals surface area contributed by atoms with Gasteiger partial charge >= 0.3 is 0 Å². The molecule has 0 spiro atoms. The molecule has 0 amide bonds. The highest BCUT2D eigenvalue weighted by Gasteiger charge is 2.33. The molecule has 3 aliphatic rings. The van der Waals surface area contributed by atoms with Gasteiger partial charge in [0.05, 0.1) is 17.4 Å². The zero-order chi connectivity index (χ0) is 35.6. The molecule has 0 aliphatic heterocycles. The van der Waals surface area contributed by atoms with E-state index in [1.165, 1.54) is 101 Å². The molecule has 5 atom stereocenters. The molecular formula is C48H65N3. The first-order valence-corrected chi connectivity index (χ1v) is 20.8. The van der Waals surface area contributed by atoms with Crippen LogP contribution < -0.4 is 0 Å². The fourth-order valence-corrected chi connectivity index (χ4v) is 9.74.